The fourth-order valence-corrected chi connectivity index (χ4v) is 1.55. The molecule has 0 saturated heterocycles. The normalized spacial score (nSPS) is 14.6. The molecule has 0 aromatic heterocycles. The molecule has 0 aliphatic carbocycles. The van der Waals surface area contributed by atoms with Crippen molar-refractivity contribution < 1.29 is 13.5 Å². The van der Waals surface area contributed by atoms with E-state index in [0.717, 1.165) is 6.42 Å². The van der Waals surface area contributed by atoms with Crippen LogP contribution >= 0.6 is 0 Å². The Hall–Kier alpha value is -1.16. The number of halogens is 2. The minimum Gasteiger partial charge on any atom is -0.494 e. The lowest BCUT2D eigenvalue weighted by Crippen LogP contribution is -2.21. The van der Waals surface area contributed by atoms with Gasteiger partial charge in [-0.15, -0.1) is 0 Å². The number of benzene rings is 1. The molecule has 0 aliphatic heterocycles. The predicted molar refractivity (Wildman–Crippen MR) is 59.3 cm³/mol. The highest BCUT2D eigenvalue weighted by atomic mass is 19.1. The second-order valence-electron chi connectivity index (χ2n) is 3.89. The van der Waals surface area contributed by atoms with Crippen LogP contribution in [0.5, 0.6) is 5.75 Å². The molecule has 0 heterocycles. The summed E-state index contributed by atoms with van der Waals surface area (Å²) in [5.74, 6) is -1.28. The molecule has 1 aromatic rings. The van der Waals surface area contributed by atoms with Crippen molar-refractivity contribution in [1.29, 1.82) is 0 Å². The number of hydrogen-bond acceptors (Lipinski definition) is 2. The lowest BCUT2D eigenvalue weighted by Gasteiger charge is -2.20. The van der Waals surface area contributed by atoms with Crippen LogP contribution < -0.4 is 10.5 Å². The van der Waals surface area contributed by atoms with Gasteiger partial charge in [0.15, 0.2) is 11.6 Å². The zero-order chi connectivity index (χ0) is 12.3. The Kier molecular flexibility index (Phi) is 4.24. The van der Waals surface area contributed by atoms with Gasteiger partial charge < -0.3 is 10.5 Å². The van der Waals surface area contributed by atoms with Crippen molar-refractivity contribution in [2.75, 3.05) is 7.11 Å². The second kappa shape index (κ2) is 5.25. The molecule has 16 heavy (non-hydrogen) atoms. The predicted octanol–water partition coefficient (Wildman–Crippen LogP) is 3.02. The van der Waals surface area contributed by atoms with E-state index in [1.54, 1.807) is 0 Å². The molecule has 2 atom stereocenters. The van der Waals surface area contributed by atoms with E-state index in [4.69, 9.17) is 10.5 Å². The van der Waals surface area contributed by atoms with E-state index in [-0.39, 0.29) is 17.2 Å². The second-order valence-corrected chi connectivity index (χ2v) is 3.89. The van der Waals surface area contributed by atoms with Crippen molar-refractivity contribution in [1.82, 2.24) is 0 Å². The van der Waals surface area contributed by atoms with Crippen molar-refractivity contribution >= 4 is 0 Å². The summed E-state index contributed by atoms with van der Waals surface area (Å²) < 4.78 is 32.2. The van der Waals surface area contributed by atoms with E-state index in [0.29, 0.717) is 0 Å². The lowest BCUT2D eigenvalue weighted by molar-refractivity contribution is 0.366. The zero-order valence-electron chi connectivity index (χ0n) is 9.76. The van der Waals surface area contributed by atoms with Gasteiger partial charge in [-0.3, -0.25) is 0 Å². The van der Waals surface area contributed by atoms with Gasteiger partial charge in [-0.1, -0.05) is 20.3 Å². The molecule has 1 rings (SSSR count). The average molecular weight is 229 g/mol. The van der Waals surface area contributed by atoms with Crippen LogP contribution in [0.1, 0.15) is 31.9 Å². The van der Waals surface area contributed by atoms with E-state index in [1.807, 2.05) is 13.8 Å². The third kappa shape index (κ3) is 2.32. The molecule has 0 bridgehead atoms. The Morgan fingerprint density at radius 3 is 2.50 bits per heavy atom. The van der Waals surface area contributed by atoms with Gasteiger partial charge in [0.25, 0.3) is 0 Å². The average Bonchev–Trinajstić information content (AvgIpc) is 2.28. The highest BCUT2D eigenvalue weighted by molar-refractivity contribution is 5.34. The molecule has 1 aromatic carbocycles. The third-order valence-corrected chi connectivity index (χ3v) is 2.90. The Balaban J connectivity index is 3.20. The van der Waals surface area contributed by atoms with Gasteiger partial charge in [-0.25, -0.2) is 8.78 Å². The van der Waals surface area contributed by atoms with Gasteiger partial charge in [-0.05, 0) is 18.1 Å². The first-order valence-electron chi connectivity index (χ1n) is 5.30. The smallest absolute Gasteiger partial charge is 0.172 e. The van der Waals surface area contributed by atoms with Crippen LogP contribution in [0.25, 0.3) is 0 Å². The monoisotopic (exact) mass is 229 g/mol. The SMILES string of the molecule is CCC(C)[C@H](N)c1c(F)ccc(OC)c1F. The molecule has 0 radical (unpaired) electrons. The molecule has 90 valence electrons. The van der Waals surface area contributed by atoms with E-state index in [9.17, 15) is 8.78 Å². The van der Waals surface area contributed by atoms with Crippen LogP contribution in [0.3, 0.4) is 0 Å². The highest BCUT2D eigenvalue weighted by Crippen LogP contribution is 2.31. The van der Waals surface area contributed by atoms with E-state index >= 15 is 0 Å². The Labute approximate surface area is 94.4 Å². The molecule has 0 fully saturated rings. The highest BCUT2D eigenvalue weighted by Gasteiger charge is 2.23. The van der Waals surface area contributed by atoms with Crippen LogP contribution in [0, 0.1) is 17.6 Å². The zero-order valence-corrected chi connectivity index (χ0v) is 9.76. The van der Waals surface area contributed by atoms with Crippen molar-refractivity contribution in [3.63, 3.8) is 0 Å². The van der Waals surface area contributed by atoms with Crippen molar-refractivity contribution in [3.8, 4) is 5.75 Å². The molecule has 0 amide bonds. The van der Waals surface area contributed by atoms with Crippen LogP contribution in [-0.2, 0) is 0 Å². The van der Waals surface area contributed by atoms with E-state index < -0.39 is 17.7 Å². The van der Waals surface area contributed by atoms with Gasteiger partial charge in [0, 0.05) is 11.6 Å². The van der Waals surface area contributed by atoms with Crippen molar-refractivity contribution in [2.45, 2.75) is 26.3 Å². The standard InChI is InChI=1S/C12H17F2NO/c1-4-7(2)12(15)10-8(13)5-6-9(16-3)11(10)14/h5-7,12H,4,15H2,1-3H3/t7?,12-/m0/s1. The van der Waals surface area contributed by atoms with Crippen molar-refractivity contribution in [2.24, 2.45) is 11.7 Å². The van der Waals surface area contributed by atoms with Gasteiger partial charge >= 0.3 is 0 Å². The molecule has 1 unspecified atom stereocenters. The van der Waals surface area contributed by atoms with Gasteiger partial charge in [0.1, 0.15) is 5.82 Å². The third-order valence-electron chi connectivity index (χ3n) is 2.90. The molecule has 2 nitrogen and oxygen atoms in total. The quantitative estimate of drug-likeness (QED) is 0.861. The molecular formula is C12H17F2NO. The summed E-state index contributed by atoms with van der Waals surface area (Å²) in [6.07, 6.45) is 0.761. The molecule has 0 aliphatic rings. The van der Waals surface area contributed by atoms with Crippen LogP contribution in [-0.4, -0.2) is 7.11 Å². The summed E-state index contributed by atoms with van der Waals surface area (Å²) in [4.78, 5) is 0. The number of methoxy groups -OCH3 is 1. The molecule has 4 heteroatoms. The summed E-state index contributed by atoms with van der Waals surface area (Å²) in [6.45, 7) is 3.80. The maximum atomic E-state index is 13.8. The van der Waals surface area contributed by atoms with Crippen LogP contribution in [0.4, 0.5) is 8.78 Å². The first kappa shape index (κ1) is 12.9. The largest absolute Gasteiger partial charge is 0.494 e. The van der Waals surface area contributed by atoms with E-state index in [2.05, 4.69) is 0 Å². The minimum atomic E-state index is -0.699. The summed E-state index contributed by atoms with van der Waals surface area (Å²) >= 11 is 0. The summed E-state index contributed by atoms with van der Waals surface area (Å²) in [5.41, 5.74) is 5.75. The number of nitrogens with two attached hydrogens (primary N) is 1. The Morgan fingerprint density at radius 1 is 1.38 bits per heavy atom. The summed E-state index contributed by atoms with van der Waals surface area (Å²) in [6, 6.07) is 1.79. The molecule has 0 spiro atoms. The maximum Gasteiger partial charge on any atom is 0.172 e. The van der Waals surface area contributed by atoms with Crippen LogP contribution in [0.2, 0.25) is 0 Å². The van der Waals surface area contributed by atoms with Gasteiger partial charge in [-0.2, -0.15) is 0 Å². The lowest BCUT2D eigenvalue weighted by atomic mass is 9.92. The number of ether oxygens (including phenoxy) is 1. The number of rotatable bonds is 4. The number of hydrogen-bond donors (Lipinski definition) is 1. The molecule has 2 N–H and O–H groups in total. The summed E-state index contributed by atoms with van der Waals surface area (Å²) in [5, 5.41) is 0. The fraction of sp³-hybridized carbons (Fsp3) is 0.500. The topological polar surface area (TPSA) is 35.2 Å². The summed E-state index contributed by atoms with van der Waals surface area (Å²) in [7, 11) is 1.34. The van der Waals surface area contributed by atoms with Crippen molar-refractivity contribution in [3.05, 3.63) is 29.3 Å². The fourth-order valence-electron chi connectivity index (χ4n) is 1.55. The minimum absolute atomic E-state index is 0.0103. The van der Waals surface area contributed by atoms with E-state index in [1.165, 1.54) is 19.2 Å². The molecular weight excluding hydrogens is 212 g/mol. The maximum absolute atomic E-state index is 13.8. The first-order valence-corrected chi connectivity index (χ1v) is 5.30. The Morgan fingerprint density at radius 2 is 2.00 bits per heavy atom. The molecule has 0 saturated carbocycles. The Bertz CT molecular complexity index is 368. The van der Waals surface area contributed by atoms with Gasteiger partial charge in [0.05, 0.1) is 7.11 Å². The van der Waals surface area contributed by atoms with Gasteiger partial charge in [0.2, 0.25) is 0 Å². The first-order chi connectivity index (χ1) is 7.52. The van der Waals surface area contributed by atoms with Crippen LogP contribution in [0.15, 0.2) is 12.1 Å².